The second-order valence-corrected chi connectivity index (χ2v) is 2.83. The predicted octanol–water partition coefficient (Wildman–Crippen LogP) is 1.43. The van der Waals surface area contributed by atoms with E-state index in [4.69, 9.17) is 4.74 Å². The molecule has 11 heavy (non-hydrogen) atoms. The fourth-order valence-electron chi connectivity index (χ4n) is 1.26. The second kappa shape index (κ2) is 2.55. The van der Waals surface area contributed by atoms with Crippen molar-refractivity contribution in [2.45, 2.75) is 13.5 Å². The van der Waals surface area contributed by atoms with Gasteiger partial charge in [-0.05, 0) is 18.6 Å². The first-order chi connectivity index (χ1) is 5.36. The van der Waals surface area contributed by atoms with Gasteiger partial charge in [0.1, 0.15) is 12.5 Å². The van der Waals surface area contributed by atoms with Crippen molar-refractivity contribution in [3.05, 3.63) is 29.3 Å². The Morgan fingerprint density at radius 2 is 2.36 bits per heavy atom. The zero-order valence-electron chi connectivity index (χ0n) is 6.55. The van der Waals surface area contributed by atoms with E-state index in [1.807, 2.05) is 0 Å². The highest BCUT2D eigenvalue weighted by Crippen LogP contribution is 2.21. The summed E-state index contributed by atoms with van der Waals surface area (Å²) in [7, 11) is 0. The van der Waals surface area contributed by atoms with Gasteiger partial charge in [-0.1, -0.05) is 12.1 Å². The summed E-state index contributed by atoms with van der Waals surface area (Å²) in [4.78, 5) is 0. The monoisotopic (exact) mass is 149 g/mol. The van der Waals surface area contributed by atoms with Crippen LogP contribution in [0.1, 0.15) is 11.1 Å². The van der Waals surface area contributed by atoms with Gasteiger partial charge in [-0.15, -0.1) is 0 Å². The number of nitrogens with one attached hydrogen (secondary N) is 1. The first kappa shape index (κ1) is 6.68. The lowest BCUT2D eigenvalue weighted by atomic mass is 10.1. The molecule has 0 bridgehead atoms. The van der Waals surface area contributed by atoms with Crippen LogP contribution >= 0.6 is 0 Å². The molecule has 0 amide bonds. The van der Waals surface area contributed by atoms with Crippen molar-refractivity contribution < 1.29 is 4.74 Å². The van der Waals surface area contributed by atoms with Crippen LogP contribution in [-0.2, 0) is 6.54 Å². The van der Waals surface area contributed by atoms with Crippen molar-refractivity contribution in [3.8, 4) is 5.75 Å². The summed E-state index contributed by atoms with van der Waals surface area (Å²) in [5, 5.41) is 3.14. The molecule has 1 aromatic rings. The SMILES string of the molecule is Cc1ccc2c(c1)OCNC2. The third-order valence-electron chi connectivity index (χ3n) is 1.87. The molecule has 1 N–H and O–H groups in total. The Labute approximate surface area is 66.2 Å². The Hall–Kier alpha value is -1.02. The van der Waals surface area contributed by atoms with Crippen LogP contribution in [0, 0.1) is 6.92 Å². The molecule has 1 aliphatic rings. The predicted molar refractivity (Wildman–Crippen MR) is 43.5 cm³/mol. The van der Waals surface area contributed by atoms with Crippen LogP contribution in [0.3, 0.4) is 0 Å². The molecule has 0 spiro atoms. The largest absolute Gasteiger partial charge is 0.478 e. The maximum Gasteiger partial charge on any atom is 0.139 e. The second-order valence-electron chi connectivity index (χ2n) is 2.83. The Morgan fingerprint density at radius 1 is 1.45 bits per heavy atom. The van der Waals surface area contributed by atoms with E-state index in [0.29, 0.717) is 6.73 Å². The third-order valence-corrected chi connectivity index (χ3v) is 1.87. The summed E-state index contributed by atoms with van der Waals surface area (Å²) in [6, 6.07) is 6.29. The summed E-state index contributed by atoms with van der Waals surface area (Å²) in [5.41, 5.74) is 2.51. The van der Waals surface area contributed by atoms with Crippen LogP contribution in [0.25, 0.3) is 0 Å². The lowest BCUT2D eigenvalue weighted by Crippen LogP contribution is -2.25. The highest BCUT2D eigenvalue weighted by Gasteiger charge is 2.07. The van der Waals surface area contributed by atoms with E-state index in [-0.39, 0.29) is 0 Å². The zero-order valence-corrected chi connectivity index (χ0v) is 6.55. The van der Waals surface area contributed by atoms with Gasteiger partial charge >= 0.3 is 0 Å². The standard InChI is InChI=1S/C9H11NO/c1-7-2-3-8-5-10-6-11-9(8)4-7/h2-4,10H,5-6H2,1H3. The molecule has 0 atom stereocenters. The van der Waals surface area contributed by atoms with Crippen LogP contribution in [-0.4, -0.2) is 6.73 Å². The molecule has 0 saturated heterocycles. The highest BCUT2D eigenvalue weighted by atomic mass is 16.5. The normalized spacial score (nSPS) is 15.4. The maximum atomic E-state index is 5.39. The van der Waals surface area contributed by atoms with Crippen molar-refractivity contribution >= 4 is 0 Å². The molecule has 2 rings (SSSR count). The van der Waals surface area contributed by atoms with Gasteiger partial charge in [0.2, 0.25) is 0 Å². The zero-order chi connectivity index (χ0) is 7.68. The number of benzene rings is 1. The van der Waals surface area contributed by atoms with Crippen molar-refractivity contribution in [2.75, 3.05) is 6.73 Å². The fourth-order valence-corrected chi connectivity index (χ4v) is 1.26. The van der Waals surface area contributed by atoms with E-state index in [1.54, 1.807) is 0 Å². The van der Waals surface area contributed by atoms with Gasteiger partial charge in [0.15, 0.2) is 0 Å². The minimum absolute atomic E-state index is 0.635. The van der Waals surface area contributed by atoms with E-state index in [2.05, 4.69) is 30.4 Å². The van der Waals surface area contributed by atoms with Crippen LogP contribution in [0.4, 0.5) is 0 Å². The Balaban J connectivity index is 2.43. The molecule has 0 saturated carbocycles. The molecule has 0 aliphatic carbocycles. The molecule has 0 aromatic heterocycles. The number of hydrogen-bond donors (Lipinski definition) is 1. The molecule has 1 aromatic carbocycles. The van der Waals surface area contributed by atoms with Gasteiger partial charge in [0, 0.05) is 12.1 Å². The van der Waals surface area contributed by atoms with Crippen molar-refractivity contribution in [3.63, 3.8) is 0 Å². The molecule has 1 heterocycles. The van der Waals surface area contributed by atoms with Crippen LogP contribution in [0.15, 0.2) is 18.2 Å². The number of ether oxygens (including phenoxy) is 1. The minimum Gasteiger partial charge on any atom is -0.478 e. The van der Waals surface area contributed by atoms with Crippen molar-refractivity contribution in [2.24, 2.45) is 0 Å². The van der Waals surface area contributed by atoms with E-state index in [9.17, 15) is 0 Å². The van der Waals surface area contributed by atoms with Gasteiger partial charge in [-0.2, -0.15) is 0 Å². The fraction of sp³-hybridized carbons (Fsp3) is 0.333. The van der Waals surface area contributed by atoms with E-state index < -0.39 is 0 Å². The minimum atomic E-state index is 0.635. The Kier molecular flexibility index (Phi) is 1.55. The average Bonchev–Trinajstić information content (AvgIpc) is 2.04. The molecule has 0 unspecified atom stereocenters. The topological polar surface area (TPSA) is 21.3 Å². The lowest BCUT2D eigenvalue weighted by molar-refractivity contribution is 0.257. The van der Waals surface area contributed by atoms with Gasteiger partial charge < -0.3 is 4.74 Å². The van der Waals surface area contributed by atoms with E-state index in [1.165, 1.54) is 11.1 Å². The van der Waals surface area contributed by atoms with Gasteiger partial charge in [-0.3, -0.25) is 5.32 Å². The smallest absolute Gasteiger partial charge is 0.139 e. The van der Waals surface area contributed by atoms with E-state index in [0.717, 1.165) is 12.3 Å². The summed E-state index contributed by atoms with van der Waals surface area (Å²) in [5.74, 6) is 1.03. The first-order valence-corrected chi connectivity index (χ1v) is 3.79. The summed E-state index contributed by atoms with van der Waals surface area (Å²) >= 11 is 0. The van der Waals surface area contributed by atoms with Crippen LogP contribution < -0.4 is 10.1 Å². The molecule has 1 aliphatic heterocycles. The molecular weight excluding hydrogens is 138 g/mol. The summed E-state index contributed by atoms with van der Waals surface area (Å²) < 4.78 is 5.39. The Morgan fingerprint density at radius 3 is 3.27 bits per heavy atom. The molecule has 2 heteroatoms. The number of hydrogen-bond acceptors (Lipinski definition) is 2. The van der Waals surface area contributed by atoms with Crippen LogP contribution in [0.5, 0.6) is 5.75 Å². The molecule has 0 fully saturated rings. The van der Waals surface area contributed by atoms with Crippen LogP contribution in [0.2, 0.25) is 0 Å². The number of aryl methyl sites for hydroxylation is 1. The molecule has 0 radical (unpaired) electrons. The van der Waals surface area contributed by atoms with Crippen molar-refractivity contribution in [1.82, 2.24) is 5.32 Å². The van der Waals surface area contributed by atoms with Crippen molar-refractivity contribution in [1.29, 1.82) is 0 Å². The van der Waals surface area contributed by atoms with Gasteiger partial charge in [0.25, 0.3) is 0 Å². The maximum absolute atomic E-state index is 5.39. The van der Waals surface area contributed by atoms with Gasteiger partial charge in [-0.25, -0.2) is 0 Å². The molecular formula is C9H11NO. The van der Waals surface area contributed by atoms with Gasteiger partial charge in [0.05, 0.1) is 0 Å². The lowest BCUT2D eigenvalue weighted by Gasteiger charge is -2.18. The number of rotatable bonds is 0. The quantitative estimate of drug-likeness (QED) is 0.602. The molecule has 58 valence electrons. The average molecular weight is 149 g/mol. The Bertz CT molecular complexity index is 270. The summed E-state index contributed by atoms with van der Waals surface area (Å²) in [6.07, 6.45) is 0. The molecule has 2 nitrogen and oxygen atoms in total. The summed E-state index contributed by atoms with van der Waals surface area (Å²) in [6.45, 7) is 3.64. The third kappa shape index (κ3) is 1.21. The number of fused-ring (bicyclic) bond motifs is 1. The first-order valence-electron chi connectivity index (χ1n) is 3.79. The van der Waals surface area contributed by atoms with E-state index >= 15 is 0 Å². The highest BCUT2D eigenvalue weighted by molar-refractivity contribution is 5.37.